The molecule has 0 aromatic heterocycles. The molecule has 0 saturated carbocycles. The topological polar surface area (TPSA) is 58.8 Å². The summed E-state index contributed by atoms with van der Waals surface area (Å²) in [6, 6.07) is 6.84. The third-order valence-electron chi connectivity index (χ3n) is 3.99. The average Bonchev–Trinajstić information content (AvgIpc) is 2.45. The fourth-order valence-electron chi connectivity index (χ4n) is 2.86. The Morgan fingerprint density at radius 3 is 3.05 bits per heavy atom. The number of nitrogens with zero attached hydrogens (tertiary/aromatic N) is 2. The fourth-order valence-corrected chi connectivity index (χ4v) is 2.86. The summed E-state index contributed by atoms with van der Waals surface area (Å²) in [5.74, 6) is -0.557. The lowest BCUT2D eigenvalue weighted by Crippen LogP contribution is -2.48. The van der Waals surface area contributed by atoms with Gasteiger partial charge in [-0.2, -0.15) is 0 Å². The van der Waals surface area contributed by atoms with E-state index >= 15 is 0 Å². The monoisotopic (exact) mass is 309 g/mol. The maximum Gasteiger partial charge on any atom is 0.231 e. The zero-order valence-corrected chi connectivity index (χ0v) is 13.2. The molecule has 1 aromatic rings. The molecule has 2 N–H and O–H groups in total. The van der Waals surface area contributed by atoms with Gasteiger partial charge >= 0.3 is 0 Å². The number of ether oxygens (including phenoxy) is 1. The molecule has 0 unspecified atom stereocenters. The van der Waals surface area contributed by atoms with Gasteiger partial charge in [-0.05, 0) is 31.7 Å². The van der Waals surface area contributed by atoms with E-state index in [1.165, 1.54) is 6.07 Å². The van der Waals surface area contributed by atoms with E-state index in [2.05, 4.69) is 11.8 Å². The van der Waals surface area contributed by atoms with E-state index in [0.717, 1.165) is 18.7 Å². The van der Waals surface area contributed by atoms with Gasteiger partial charge in [0.05, 0.1) is 19.3 Å². The number of hydrogen-bond acceptors (Lipinski definition) is 4. The maximum absolute atomic E-state index is 13.4. The van der Waals surface area contributed by atoms with Crippen molar-refractivity contribution in [2.75, 3.05) is 39.8 Å². The second-order valence-electron chi connectivity index (χ2n) is 5.88. The zero-order valence-electron chi connectivity index (χ0n) is 13.2. The van der Waals surface area contributed by atoms with E-state index in [1.807, 2.05) is 18.0 Å². The molecule has 0 radical (unpaired) electrons. The molecule has 5 nitrogen and oxygen atoms in total. The fraction of sp³-hybridized carbons (Fsp3) is 0.562. The van der Waals surface area contributed by atoms with Gasteiger partial charge in [0, 0.05) is 25.7 Å². The summed E-state index contributed by atoms with van der Waals surface area (Å²) in [5.41, 5.74) is 6.16. The number of likely N-dealkylation sites (N-methyl/N-ethyl adjacent to an activating group) is 1. The number of nitrogens with two attached hydrogens (primary N) is 1. The molecule has 1 heterocycles. The molecule has 1 saturated heterocycles. The van der Waals surface area contributed by atoms with Crippen LogP contribution in [0.15, 0.2) is 24.3 Å². The number of hydrogen-bond donors (Lipinski definition) is 1. The van der Waals surface area contributed by atoms with E-state index in [-0.39, 0.29) is 30.4 Å². The van der Waals surface area contributed by atoms with E-state index in [4.69, 9.17) is 10.5 Å². The van der Waals surface area contributed by atoms with Crippen LogP contribution in [0.25, 0.3) is 0 Å². The quantitative estimate of drug-likeness (QED) is 0.852. The number of carbonyl (C=O) groups excluding carboxylic acids is 1. The van der Waals surface area contributed by atoms with Crippen molar-refractivity contribution in [2.24, 2.45) is 5.73 Å². The molecule has 22 heavy (non-hydrogen) atoms. The molecule has 0 bridgehead atoms. The van der Waals surface area contributed by atoms with E-state index in [0.29, 0.717) is 13.2 Å². The van der Waals surface area contributed by atoms with Crippen LogP contribution in [-0.4, -0.2) is 61.6 Å². The van der Waals surface area contributed by atoms with Crippen LogP contribution in [0.1, 0.15) is 18.5 Å². The summed E-state index contributed by atoms with van der Waals surface area (Å²) < 4.78 is 19.1. The Morgan fingerprint density at radius 2 is 2.36 bits per heavy atom. The molecule has 2 rings (SSSR count). The summed E-state index contributed by atoms with van der Waals surface area (Å²) in [6.45, 7) is 5.14. The van der Waals surface area contributed by atoms with Gasteiger partial charge in [-0.25, -0.2) is 4.39 Å². The lowest BCUT2D eigenvalue weighted by atomic mass is 10.1. The smallest absolute Gasteiger partial charge is 0.231 e. The van der Waals surface area contributed by atoms with Gasteiger partial charge in [0.25, 0.3) is 0 Å². The standard InChI is InChI=1S/C16H24FN3O2/c1-12(13-4-3-5-14(17)8-13)20-6-7-22-15(10-20)9-19(2)11-16(18)21/h3-5,8,12,15H,6-7,9-11H2,1-2H3,(H2,18,21)/t12-,15+/m1/s1. The highest BCUT2D eigenvalue weighted by Crippen LogP contribution is 2.23. The molecular weight excluding hydrogens is 285 g/mol. The minimum absolute atomic E-state index is 0.0223. The molecule has 1 amide bonds. The lowest BCUT2D eigenvalue weighted by molar-refractivity contribution is -0.119. The van der Waals surface area contributed by atoms with Gasteiger partial charge in [-0.3, -0.25) is 14.6 Å². The van der Waals surface area contributed by atoms with E-state index in [1.54, 1.807) is 12.1 Å². The van der Waals surface area contributed by atoms with Gasteiger partial charge in [0.15, 0.2) is 0 Å². The van der Waals surface area contributed by atoms with Crippen molar-refractivity contribution in [3.8, 4) is 0 Å². The zero-order chi connectivity index (χ0) is 16.1. The van der Waals surface area contributed by atoms with Gasteiger partial charge in [0.2, 0.25) is 5.91 Å². The van der Waals surface area contributed by atoms with Crippen LogP contribution >= 0.6 is 0 Å². The first-order valence-corrected chi connectivity index (χ1v) is 7.53. The van der Waals surface area contributed by atoms with Crippen molar-refractivity contribution in [2.45, 2.75) is 19.1 Å². The van der Waals surface area contributed by atoms with Crippen molar-refractivity contribution in [1.82, 2.24) is 9.80 Å². The number of benzene rings is 1. The highest BCUT2D eigenvalue weighted by molar-refractivity contribution is 5.75. The van der Waals surface area contributed by atoms with Crippen LogP contribution in [-0.2, 0) is 9.53 Å². The number of morpholine rings is 1. The first-order chi connectivity index (χ1) is 10.5. The molecule has 6 heteroatoms. The summed E-state index contributed by atoms with van der Waals surface area (Å²) in [5, 5.41) is 0. The van der Waals surface area contributed by atoms with Crippen LogP contribution < -0.4 is 5.73 Å². The van der Waals surface area contributed by atoms with Gasteiger partial charge in [0.1, 0.15) is 5.82 Å². The summed E-state index contributed by atoms with van der Waals surface area (Å²) in [6.07, 6.45) is 0.0223. The Hall–Kier alpha value is -1.50. The Balaban J connectivity index is 1.93. The molecule has 2 atom stereocenters. The first-order valence-electron chi connectivity index (χ1n) is 7.53. The number of carbonyl (C=O) groups is 1. The van der Waals surface area contributed by atoms with Crippen LogP contribution in [0.3, 0.4) is 0 Å². The average molecular weight is 309 g/mol. The van der Waals surface area contributed by atoms with Crippen LogP contribution in [0.5, 0.6) is 0 Å². The number of amides is 1. The summed E-state index contributed by atoms with van der Waals surface area (Å²) in [7, 11) is 1.85. The minimum Gasteiger partial charge on any atom is -0.374 e. The summed E-state index contributed by atoms with van der Waals surface area (Å²) >= 11 is 0. The molecule has 122 valence electrons. The molecular formula is C16H24FN3O2. The Morgan fingerprint density at radius 1 is 1.59 bits per heavy atom. The van der Waals surface area contributed by atoms with Crippen molar-refractivity contribution in [3.05, 3.63) is 35.6 Å². The number of halogens is 1. The Kier molecular flexibility index (Phi) is 5.88. The SMILES string of the molecule is C[C@H](c1cccc(F)c1)N1CCO[C@@H](CN(C)CC(N)=O)C1. The third kappa shape index (κ3) is 4.76. The predicted octanol–water partition coefficient (Wildman–Crippen LogP) is 1.00. The number of primary amides is 1. The molecule has 1 aromatic carbocycles. The van der Waals surface area contributed by atoms with Crippen LogP contribution in [0.4, 0.5) is 4.39 Å². The molecule has 1 fully saturated rings. The Bertz CT molecular complexity index is 512. The van der Waals surface area contributed by atoms with Crippen molar-refractivity contribution in [1.29, 1.82) is 0 Å². The van der Waals surface area contributed by atoms with Crippen LogP contribution in [0, 0.1) is 5.82 Å². The molecule has 1 aliphatic rings. The predicted molar refractivity (Wildman–Crippen MR) is 82.8 cm³/mol. The summed E-state index contributed by atoms with van der Waals surface area (Å²) in [4.78, 5) is 15.1. The molecule has 0 spiro atoms. The first kappa shape index (κ1) is 16.9. The minimum atomic E-state index is -0.344. The largest absolute Gasteiger partial charge is 0.374 e. The Labute approximate surface area is 130 Å². The molecule has 1 aliphatic heterocycles. The van der Waals surface area contributed by atoms with Gasteiger partial charge in [-0.1, -0.05) is 12.1 Å². The van der Waals surface area contributed by atoms with Crippen LogP contribution in [0.2, 0.25) is 0 Å². The number of rotatable bonds is 6. The maximum atomic E-state index is 13.4. The second-order valence-corrected chi connectivity index (χ2v) is 5.88. The third-order valence-corrected chi connectivity index (χ3v) is 3.99. The van der Waals surface area contributed by atoms with Crippen molar-refractivity contribution < 1.29 is 13.9 Å². The van der Waals surface area contributed by atoms with Crippen molar-refractivity contribution >= 4 is 5.91 Å². The highest BCUT2D eigenvalue weighted by atomic mass is 19.1. The van der Waals surface area contributed by atoms with Gasteiger partial charge in [-0.15, -0.1) is 0 Å². The lowest BCUT2D eigenvalue weighted by Gasteiger charge is -2.38. The van der Waals surface area contributed by atoms with E-state index < -0.39 is 0 Å². The molecule has 0 aliphatic carbocycles. The highest BCUT2D eigenvalue weighted by Gasteiger charge is 2.26. The second kappa shape index (κ2) is 7.67. The van der Waals surface area contributed by atoms with Gasteiger partial charge < -0.3 is 10.5 Å². The normalized spacial score (nSPS) is 21.0. The van der Waals surface area contributed by atoms with E-state index in [9.17, 15) is 9.18 Å². The van der Waals surface area contributed by atoms with Crippen molar-refractivity contribution in [3.63, 3.8) is 0 Å².